The summed E-state index contributed by atoms with van der Waals surface area (Å²) in [5, 5.41) is 19.4. The van der Waals surface area contributed by atoms with Gasteiger partial charge in [0.2, 0.25) is 0 Å². The lowest BCUT2D eigenvalue weighted by atomic mass is 9.32. The average Bonchev–Trinajstić information content (AvgIpc) is 3.42. The lowest BCUT2D eigenvalue weighted by Gasteiger charge is -2.73. The van der Waals surface area contributed by atoms with Crippen molar-refractivity contribution in [1.29, 1.82) is 0 Å². The number of allylic oxidation sites excluding steroid dienone is 2. The predicted molar refractivity (Wildman–Crippen MR) is 161 cm³/mol. The molecule has 1 aromatic heterocycles. The largest absolute Gasteiger partial charge is 0.370 e. The molecule has 4 fully saturated rings. The molecule has 226 valence electrons. The van der Waals surface area contributed by atoms with Crippen LogP contribution < -0.4 is 5.32 Å². The van der Waals surface area contributed by atoms with Crippen LogP contribution in [0.25, 0.3) is 0 Å². The highest BCUT2D eigenvalue weighted by atomic mass is 16.3. The van der Waals surface area contributed by atoms with E-state index in [0.717, 1.165) is 32.1 Å². The lowest BCUT2D eigenvalue weighted by molar-refractivity contribution is -0.256. The van der Waals surface area contributed by atoms with Crippen LogP contribution in [0.15, 0.2) is 23.5 Å². The minimum Gasteiger partial charge on any atom is -0.370 e. The van der Waals surface area contributed by atoms with Crippen LogP contribution in [0.4, 0.5) is 0 Å². The standard InChI is InChI=1S/C35H53N3O3/c1-21(2)27-24(39)18-31(5)14-16-33(7)23(28(27)31)10-11-26-32(6)15-17-35(41,37-29(40)22-19-36-38(9)20-22)30(3,4)25(32)12-13-34(26,33)8/h19-21,23,25-26,41H,10-18H2,1-9H3,(H,37,40)/t23-,25+,26-,31+,32+,33-,34-,35+/m1/s1. The van der Waals surface area contributed by atoms with Gasteiger partial charge in [0.25, 0.3) is 5.91 Å². The van der Waals surface area contributed by atoms with E-state index in [-0.39, 0.29) is 27.6 Å². The van der Waals surface area contributed by atoms with Crippen molar-refractivity contribution in [1.82, 2.24) is 15.1 Å². The summed E-state index contributed by atoms with van der Waals surface area (Å²) in [6.45, 7) is 18.9. The van der Waals surface area contributed by atoms with Crippen LogP contribution in [0.3, 0.4) is 0 Å². The highest BCUT2D eigenvalue weighted by Gasteiger charge is 2.71. The first-order chi connectivity index (χ1) is 18.9. The SMILES string of the molecule is CC(C)C1=C2[C@H]3CC[C@@H]4[C@@]5(C)CC[C@@](O)(NC(=O)c6cnn(C)c6)C(C)(C)[C@@H]5CC[C@@]4(C)[C@]3(C)CC[C@@]2(C)CC1=O. The topological polar surface area (TPSA) is 84.2 Å². The molecule has 0 saturated heterocycles. The molecule has 41 heavy (non-hydrogen) atoms. The molecule has 4 saturated carbocycles. The summed E-state index contributed by atoms with van der Waals surface area (Å²) in [5.74, 6) is 1.78. The highest BCUT2D eigenvalue weighted by Crippen LogP contribution is 2.77. The van der Waals surface area contributed by atoms with Crippen molar-refractivity contribution in [3.05, 3.63) is 29.1 Å². The number of fused-ring (bicyclic) bond motifs is 7. The van der Waals surface area contributed by atoms with Crippen molar-refractivity contribution in [3.8, 4) is 0 Å². The van der Waals surface area contributed by atoms with Gasteiger partial charge in [-0.15, -0.1) is 0 Å². The zero-order valence-electron chi connectivity index (χ0n) is 27.0. The molecule has 6 heteroatoms. The van der Waals surface area contributed by atoms with E-state index in [4.69, 9.17) is 0 Å². The molecule has 2 N–H and O–H groups in total. The normalized spacial score (nSPS) is 45.1. The van der Waals surface area contributed by atoms with Crippen molar-refractivity contribution >= 4 is 11.7 Å². The number of carbonyl (C=O) groups excluding carboxylic acids is 2. The van der Waals surface area contributed by atoms with Crippen LogP contribution >= 0.6 is 0 Å². The van der Waals surface area contributed by atoms with Crippen LogP contribution in [0.5, 0.6) is 0 Å². The Morgan fingerprint density at radius 1 is 0.976 bits per heavy atom. The fourth-order valence-corrected chi connectivity index (χ4v) is 11.9. The van der Waals surface area contributed by atoms with Crippen LogP contribution in [-0.4, -0.2) is 32.3 Å². The third-order valence-corrected chi connectivity index (χ3v) is 14.3. The van der Waals surface area contributed by atoms with Gasteiger partial charge in [-0.1, -0.05) is 61.0 Å². The minimum absolute atomic E-state index is 0.0426. The van der Waals surface area contributed by atoms with Gasteiger partial charge in [-0.2, -0.15) is 5.10 Å². The van der Waals surface area contributed by atoms with Gasteiger partial charge in [0.05, 0.1) is 11.8 Å². The predicted octanol–water partition coefficient (Wildman–Crippen LogP) is 6.84. The molecule has 5 aliphatic carbocycles. The third kappa shape index (κ3) is 3.67. The Morgan fingerprint density at radius 2 is 1.68 bits per heavy atom. The van der Waals surface area contributed by atoms with Crippen molar-refractivity contribution in [2.45, 2.75) is 119 Å². The Labute approximate surface area is 247 Å². The summed E-state index contributed by atoms with van der Waals surface area (Å²) < 4.78 is 1.62. The Bertz CT molecular complexity index is 1330. The van der Waals surface area contributed by atoms with Crippen LogP contribution in [0, 0.1) is 50.7 Å². The average molecular weight is 564 g/mol. The molecule has 0 radical (unpaired) electrons. The fourth-order valence-electron chi connectivity index (χ4n) is 11.9. The van der Waals surface area contributed by atoms with Crippen molar-refractivity contribution < 1.29 is 14.7 Å². The van der Waals surface area contributed by atoms with Gasteiger partial charge in [0.15, 0.2) is 5.78 Å². The zero-order chi connectivity index (χ0) is 30.0. The van der Waals surface area contributed by atoms with Crippen molar-refractivity contribution in [2.24, 2.45) is 57.8 Å². The Kier molecular flexibility index (Phi) is 6.25. The van der Waals surface area contributed by atoms with E-state index in [1.165, 1.54) is 24.0 Å². The van der Waals surface area contributed by atoms with E-state index in [9.17, 15) is 14.7 Å². The Morgan fingerprint density at radius 3 is 2.32 bits per heavy atom. The number of aliphatic hydroxyl groups is 1. The van der Waals surface area contributed by atoms with Gasteiger partial charge >= 0.3 is 0 Å². The van der Waals surface area contributed by atoms with E-state index in [0.29, 0.717) is 47.9 Å². The van der Waals surface area contributed by atoms with Gasteiger partial charge in [0, 0.05) is 25.1 Å². The maximum atomic E-state index is 13.4. The molecule has 5 aliphatic rings. The number of nitrogens with zero attached hydrogens (tertiary/aromatic N) is 2. The number of amides is 1. The van der Waals surface area contributed by atoms with Crippen LogP contribution in [0.2, 0.25) is 0 Å². The Hall–Kier alpha value is -1.95. The number of aryl methyl sites for hydroxylation is 1. The van der Waals surface area contributed by atoms with E-state index in [1.54, 1.807) is 24.1 Å². The molecular formula is C35H53N3O3. The van der Waals surface area contributed by atoms with E-state index in [2.05, 4.69) is 65.8 Å². The first-order valence-corrected chi connectivity index (χ1v) is 16.2. The second kappa shape index (κ2) is 8.80. The number of aromatic nitrogens is 2. The monoisotopic (exact) mass is 563 g/mol. The van der Waals surface area contributed by atoms with Gasteiger partial charge in [-0.05, 0) is 102 Å². The summed E-state index contributed by atoms with van der Waals surface area (Å²) in [5.41, 5.74) is 1.90. The quantitative estimate of drug-likeness (QED) is 0.395. The molecule has 8 atom stereocenters. The summed E-state index contributed by atoms with van der Waals surface area (Å²) >= 11 is 0. The number of hydrogen-bond donors (Lipinski definition) is 2. The Balaban J connectivity index is 1.34. The van der Waals surface area contributed by atoms with Crippen LogP contribution in [-0.2, 0) is 11.8 Å². The van der Waals surface area contributed by atoms with Gasteiger partial charge in [-0.3, -0.25) is 14.3 Å². The van der Waals surface area contributed by atoms with E-state index in [1.807, 2.05) is 0 Å². The fraction of sp³-hybridized carbons (Fsp3) is 0.800. The number of rotatable bonds is 3. The molecule has 6 nitrogen and oxygen atoms in total. The van der Waals surface area contributed by atoms with Gasteiger partial charge in [-0.25, -0.2) is 0 Å². The smallest absolute Gasteiger partial charge is 0.256 e. The molecule has 0 aromatic carbocycles. The molecule has 0 spiro atoms. The molecule has 1 heterocycles. The lowest BCUT2D eigenvalue weighted by Crippen LogP contribution is -2.70. The molecule has 1 amide bonds. The van der Waals surface area contributed by atoms with Crippen molar-refractivity contribution in [3.63, 3.8) is 0 Å². The van der Waals surface area contributed by atoms with Gasteiger partial charge < -0.3 is 10.4 Å². The zero-order valence-corrected chi connectivity index (χ0v) is 27.0. The number of nitrogens with one attached hydrogen (secondary N) is 1. The first kappa shape index (κ1) is 29.1. The summed E-state index contributed by atoms with van der Waals surface area (Å²) in [6, 6.07) is 0. The maximum absolute atomic E-state index is 13.4. The first-order valence-electron chi connectivity index (χ1n) is 16.2. The maximum Gasteiger partial charge on any atom is 0.256 e. The van der Waals surface area contributed by atoms with Crippen LogP contribution in [0.1, 0.15) is 124 Å². The summed E-state index contributed by atoms with van der Waals surface area (Å²) in [6.07, 6.45) is 12.3. The van der Waals surface area contributed by atoms with Crippen molar-refractivity contribution in [2.75, 3.05) is 0 Å². The van der Waals surface area contributed by atoms with Gasteiger partial charge in [0.1, 0.15) is 5.72 Å². The molecule has 0 unspecified atom stereocenters. The molecule has 0 aliphatic heterocycles. The highest BCUT2D eigenvalue weighted by molar-refractivity contribution is 6.00. The molecular weight excluding hydrogens is 510 g/mol. The molecule has 0 bridgehead atoms. The number of Topliss-reactive ketones (excluding diaryl/α,β-unsaturated/α-hetero) is 1. The summed E-state index contributed by atoms with van der Waals surface area (Å²) in [7, 11) is 1.80. The molecule has 1 aromatic rings. The minimum atomic E-state index is -1.27. The number of hydrogen-bond acceptors (Lipinski definition) is 4. The molecule has 6 rings (SSSR count). The van der Waals surface area contributed by atoms with E-state index < -0.39 is 11.1 Å². The third-order valence-electron chi connectivity index (χ3n) is 14.3. The summed E-state index contributed by atoms with van der Waals surface area (Å²) in [4.78, 5) is 26.6. The second-order valence-corrected chi connectivity index (χ2v) is 16.7. The number of ketones is 1. The number of carbonyl (C=O) groups is 2. The second-order valence-electron chi connectivity index (χ2n) is 16.7. The van der Waals surface area contributed by atoms with E-state index >= 15 is 0 Å².